The minimum Gasteiger partial charge on any atom is -0.457 e. The minimum atomic E-state index is -5.77. The van der Waals surface area contributed by atoms with Gasteiger partial charge in [0.2, 0.25) is 0 Å². The number of hydrogen-bond acceptors (Lipinski definition) is 5. The molecule has 0 saturated carbocycles. The van der Waals surface area contributed by atoms with E-state index in [-0.39, 0.29) is 22.6 Å². The van der Waals surface area contributed by atoms with Gasteiger partial charge in [0.15, 0.2) is 0 Å². The first-order valence-electron chi connectivity index (χ1n) is 7.71. The number of alkyl halides is 4. The van der Waals surface area contributed by atoms with E-state index in [4.69, 9.17) is 15.7 Å². The van der Waals surface area contributed by atoms with Gasteiger partial charge < -0.3 is 10.5 Å². The fraction of sp³-hybridized carbons (Fsp3) is 0.235. The van der Waals surface area contributed by atoms with Crippen LogP contribution < -0.4 is 10.5 Å². The zero-order valence-electron chi connectivity index (χ0n) is 13.8. The first kappa shape index (κ1) is 20.0. The van der Waals surface area contributed by atoms with Crippen LogP contribution in [-0.2, 0) is 16.3 Å². The van der Waals surface area contributed by atoms with E-state index in [0.29, 0.717) is 6.07 Å². The first-order chi connectivity index (χ1) is 13.0. The molecule has 148 valence electrons. The predicted octanol–water partition coefficient (Wildman–Crippen LogP) is 3.68. The Bertz CT molecular complexity index is 1090. The van der Waals surface area contributed by atoms with Gasteiger partial charge in [-0.2, -0.15) is 18.4 Å². The number of rotatable bonds is 3. The van der Waals surface area contributed by atoms with Crippen molar-refractivity contribution in [2.75, 3.05) is 0 Å². The molecule has 5 nitrogen and oxygen atoms in total. The highest BCUT2D eigenvalue weighted by Crippen LogP contribution is 2.45. The van der Waals surface area contributed by atoms with Crippen LogP contribution in [0.2, 0.25) is 0 Å². The number of ether oxygens (including phenoxy) is 1. The van der Waals surface area contributed by atoms with Crippen molar-refractivity contribution in [3.05, 3.63) is 52.8 Å². The number of nitrogens with zero attached hydrogens (tertiary/aromatic N) is 1. The summed E-state index contributed by atoms with van der Waals surface area (Å²) in [6.45, 7) is 0. The lowest BCUT2D eigenvalue weighted by Gasteiger charge is -2.17. The second kappa shape index (κ2) is 6.72. The molecule has 0 aromatic heterocycles. The normalized spacial score (nSPS) is 19.2. The standard InChI is InChI=1S/C17H11F5N2O3S/c18-9-3-8(7-23)4-10(5-9)27-13-1-2-14(28(25,26)17(20,21)22)15-11(13)6-12(19)16(15)24/h1-5,12,16H,6,24H2/t12-,16-/m0/s1. The molecular formula is C17H11F5N2O3S. The fourth-order valence-electron chi connectivity index (χ4n) is 2.97. The minimum absolute atomic E-state index is 0.0806. The summed E-state index contributed by atoms with van der Waals surface area (Å²) in [7, 11) is -5.77. The van der Waals surface area contributed by atoms with Gasteiger partial charge in [-0.3, -0.25) is 0 Å². The molecule has 0 heterocycles. The van der Waals surface area contributed by atoms with E-state index in [1.165, 1.54) is 0 Å². The van der Waals surface area contributed by atoms with Gasteiger partial charge in [0.05, 0.1) is 22.6 Å². The van der Waals surface area contributed by atoms with Crippen LogP contribution in [0, 0.1) is 17.1 Å². The van der Waals surface area contributed by atoms with Crippen molar-refractivity contribution in [3.8, 4) is 17.6 Å². The fourth-order valence-corrected chi connectivity index (χ4v) is 4.02. The molecule has 0 aliphatic heterocycles. The highest BCUT2D eigenvalue weighted by atomic mass is 32.2. The van der Waals surface area contributed by atoms with Crippen LogP contribution in [0.15, 0.2) is 35.2 Å². The summed E-state index contributed by atoms with van der Waals surface area (Å²) in [4.78, 5) is -1.15. The molecule has 3 rings (SSSR count). The van der Waals surface area contributed by atoms with Crippen LogP contribution in [0.4, 0.5) is 22.0 Å². The molecule has 0 spiro atoms. The third-order valence-electron chi connectivity index (χ3n) is 4.22. The van der Waals surface area contributed by atoms with Crippen molar-refractivity contribution in [2.24, 2.45) is 5.73 Å². The number of hydrogen-bond donors (Lipinski definition) is 1. The van der Waals surface area contributed by atoms with Crippen LogP contribution in [0.1, 0.15) is 22.7 Å². The summed E-state index contributed by atoms with van der Waals surface area (Å²) in [6.07, 6.45) is -2.31. The van der Waals surface area contributed by atoms with E-state index >= 15 is 0 Å². The number of sulfone groups is 1. The topological polar surface area (TPSA) is 93.2 Å². The Morgan fingerprint density at radius 1 is 1.21 bits per heavy atom. The molecule has 0 fully saturated rings. The van der Waals surface area contributed by atoms with Crippen molar-refractivity contribution in [3.63, 3.8) is 0 Å². The van der Waals surface area contributed by atoms with Gasteiger partial charge >= 0.3 is 5.51 Å². The van der Waals surface area contributed by atoms with Crippen LogP contribution in [0.3, 0.4) is 0 Å². The number of nitrogens with two attached hydrogens (primary N) is 1. The summed E-state index contributed by atoms with van der Waals surface area (Å²) in [5, 5.41) is 8.87. The van der Waals surface area contributed by atoms with E-state index in [0.717, 1.165) is 24.3 Å². The van der Waals surface area contributed by atoms with Crippen molar-refractivity contribution in [2.45, 2.75) is 29.0 Å². The van der Waals surface area contributed by atoms with Gasteiger partial charge in [-0.25, -0.2) is 17.2 Å². The van der Waals surface area contributed by atoms with Gasteiger partial charge in [0.1, 0.15) is 23.5 Å². The number of nitriles is 1. The average molecular weight is 418 g/mol. The molecule has 2 aromatic carbocycles. The Balaban J connectivity index is 2.15. The average Bonchev–Trinajstić information content (AvgIpc) is 2.89. The summed E-state index contributed by atoms with van der Waals surface area (Å²) >= 11 is 0. The van der Waals surface area contributed by atoms with Crippen molar-refractivity contribution in [1.82, 2.24) is 0 Å². The number of fused-ring (bicyclic) bond motifs is 1. The van der Waals surface area contributed by atoms with E-state index < -0.39 is 50.3 Å². The van der Waals surface area contributed by atoms with Crippen molar-refractivity contribution < 1.29 is 35.1 Å². The van der Waals surface area contributed by atoms with E-state index in [1.807, 2.05) is 0 Å². The number of halogens is 5. The molecule has 2 N–H and O–H groups in total. The lowest BCUT2D eigenvalue weighted by atomic mass is 10.1. The van der Waals surface area contributed by atoms with Crippen LogP contribution in [0.5, 0.6) is 11.5 Å². The van der Waals surface area contributed by atoms with Crippen LogP contribution in [0.25, 0.3) is 0 Å². The molecule has 0 unspecified atom stereocenters. The maximum Gasteiger partial charge on any atom is 0.501 e. The monoisotopic (exact) mass is 418 g/mol. The van der Waals surface area contributed by atoms with Gasteiger partial charge in [-0.05, 0) is 29.8 Å². The molecule has 0 amide bonds. The molecule has 2 atom stereocenters. The summed E-state index contributed by atoms with van der Waals surface area (Å²) < 4.78 is 95.6. The Kier molecular flexibility index (Phi) is 4.81. The van der Waals surface area contributed by atoms with Crippen molar-refractivity contribution >= 4 is 9.84 Å². The lowest BCUT2D eigenvalue weighted by molar-refractivity contribution is -0.0436. The van der Waals surface area contributed by atoms with Gasteiger partial charge in [-0.1, -0.05) is 0 Å². The predicted molar refractivity (Wildman–Crippen MR) is 86.4 cm³/mol. The summed E-state index contributed by atoms with van der Waals surface area (Å²) in [5.41, 5.74) is -0.767. The van der Waals surface area contributed by atoms with E-state index in [1.54, 1.807) is 6.07 Å². The molecule has 2 aromatic rings. The third kappa shape index (κ3) is 3.29. The molecule has 0 radical (unpaired) electrons. The zero-order chi connectivity index (χ0) is 20.9. The van der Waals surface area contributed by atoms with E-state index in [9.17, 15) is 30.4 Å². The van der Waals surface area contributed by atoms with Gasteiger partial charge in [0.25, 0.3) is 9.84 Å². The second-order valence-corrected chi connectivity index (χ2v) is 7.95. The van der Waals surface area contributed by atoms with Crippen LogP contribution >= 0.6 is 0 Å². The Morgan fingerprint density at radius 2 is 1.89 bits per heavy atom. The molecule has 28 heavy (non-hydrogen) atoms. The first-order valence-corrected chi connectivity index (χ1v) is 9.19. The summed E-state index contributed by atoms with van der Waals surface area (Å²) in [6, 6.07) is 4.65. The third-order valence-corrected chi connectivity index (χ3v) is 5.76. The summed E-state index contributed by atoms with van der Waals surface area (Å²) in [5.74, 6) is -1.15. The molecule has 11 heteroatoms. The highest BCUT2D eigenvalue weighted by Gasteiger charge is 2.50. The van der Waals surface area contributed by atoms with Crippen LogP contribution in [-0.4, -0.2) is 20.1 Å². The lowest BCUT2D eigenvalue weighted by Crippen LogP contribution is -2.26. The zero-order valence-corrected chi connectivity index (χ0v) is 14.6. The molecule has 1 aliphatic rings. The Hall–Kier alpha value is -2.71. The molecule has 0 saturated heterocycles. The quantitative estimate of drug-likeness (QED) is 0.768. The maximum absolute atomic E-state index is 14.1. The van der Waals surface area contributed by atoms with E-state index in [2.05, 4.69) is 0 Å². The Morgan fingerprint density at radius 3 is 2.50 bits per heavy atom. The largest absolute Gasteiger partial charge is 0.501 e. The molecular weight excluding hydrogens is 407 g/mol. The molecule has 1 aliphatic carbocycles. The van der Waals surface area contributed by atoms with Gasteiger partial charge in [0, 0.05) is 18.1 Å². The second-order valence-electron chi connectivity index (χ2n) is 6.04. The number of benzene rings is 2. The van der Waals surface area contributed by atoms with Crippen molar-refractivity contribution in [1.29, 1.82) is 5.26 Å². The smallest absolute Gasteiger partial charge is 0.457 e. The maximum atomic E-state index is 14.1. The highest BCUT2D eigenvalue weighted by molar-refractivity contribution is 7.92. The Labute approximate surface area is 156 Å². The molecule has 0 bridgehead atoms. The van der Waals surface area contributed by atoms with Gasteiger partial charge in [-0.15, -0.1) is 0 Å². The SMILES string of the molecule is N#Cc1cc(F)cc(Oc2ccc(S(=O)(=O)C(F)(F)F)c3c2C[C@H](F)[C@@H]3N)c1.